The number of likely N-dealkylation sites (tertiary alicyclic amines) is 1. The van der Waals surface area contributed by atoms with Crippen LogP contribution in [0.2, 0.25) is 0 Å². The first kappa shape index (κ1) is 18.0. The summed E-state index contributed by atoms with van der Waals surface area (Å²) in [5.41, 5.74) is 0.466. The lowest BCUT2D eigenvalue weighted by Gasteiger charge is -2.33. The van der Waals surface area contributed by atoms with E-state index in [4.69, 9.17) is 9.47 Å². The van der Waals surface area contributed by atoms with E-state index in [1.165, 1.54) is 13.2 Å². The number of hydrogen-bond donors (Lipinski definition) is 0. The van der Waals surface area contributed by atoms with Gasteiger partial charge in [0.15, 0.2) is 5.75 Å². The topological polar surface area (TPSA) is 81.9 Å². The second-order valence-corrected chi connectivity index (χ2v) is 6.93. The van der Waals surface area contributed by atoms with Gasteiger partial charge in [-0.05, 0) is 51.2 Å². The fourth-order valence-electron chi connectivity index (χ4n) is 2.82. The Bertz CT molecular complexity index is 616. The Labute approximate surface area is 141 Å². The largest absolute Gasteiger partial charge is 0.490 e. The zero-order valence-electron chi connectivity index (χ0n) is 14.6. The summed E-state index contributed by atoms with van der Waals surface area (Å²) in [6.45, 7) is 6.76. The summed E-state index contributed by atoms with van der Waals surface area (Å²) in [6, 6.07) is 4.98. The summed E-state index contributed by atoms with van der Waals surface area (Å²) < 4.78 is 10.5. The smallest absolute Gasteiger partial charge is 0.410 e. The summed E-state index contributed by atoms with van der Waals surface area (Å²) >= 11 is 0. The number of benzene rings is 1. The van der Waals surface area contributed by atoms with E-state index in [0.717, 1.165) is 18.4 Å². The number of hydrogen-bond acceptors (Lipinski definition) is 5. The van der Waals surface area contributed by atoms with E-state index in [2.05, 4.69) is 0 Å². The first-order valence-electron chi connectivity index (χ1n) is 8.01. The Balaban J connectivity index is 2.02. The lowest BCUT2D eigenvalue weighted by Crippen LogP contribution is -2.41. The van der Waals surface area contributed by atoms with E-state index in [0.29, 0.717) is 13.1 Å². The molecule has 7 heteroatoms. The third-order valence-corrected chi connectivity index (χ3v) is 4.02. The van der Waals surface area contributed by atoms with Crippen molar-refractivity contribution in [3.8, 4) is 5.75 Å². The van der Waals surface area contributed by atoms with Gasteiger partial charge >= 0.3 is 11.8 Å². The van der Waals surface area contributed by atoms with Crippen molar-refractivity contribution in [2.75, 3.05) is 20.2 Å². The number of methoxy groups -OCH3 is 1. The van der Waals surface area contributed by atoms with Crippen molar-refractivity contribution < 1.29 is 19.2 Å². The molecular weight excluding hydrogens is 312 g/mol. The highest BCUT2D eigenvalue weighted by Gasteiger charge is 2.28. The Morgan fingerprint density at radius 2 is 1.92 bits per heavy atom. The van der Waals surface area contributed by atoms with Crippen LogP contribution in [0.3, 0.4) is 0 Å². The van der Waals surface area contributed by atoms with Crippen LogP contribution in [0, 0.1) is 10.1 Å². The molecule has 0 N–H and O–H groups in total. The first-order valence-corrected chi connectivity index (χ1v) is 8.01. The van der Waals surface area contributed by atoms with E-state index in [-0.39, 0.29) is 23.4 Å². The fourth-order valence-corrected chi connectivity index (χ4v) is 2.82. The minimum atomic E-state index is -0.500. The number of ether oxygens (including phenoxy) is 2. The quantitative estimate of drug-likeness (QED) is 0.620. The molecule has 2 rings (SSSR count). The van der Waals surface area contributed by atoms with Crippen LogP contribution in [0.4, 0.5) is 10.5 Å². The average Bonchev–Trinajstić information content (AvgIpc) is 2.52. The van der Waals surface area contributed by atoms with Gasteiger partial charge in [-0.1, -0.05) is 6.07 Å². The summed E-state index contributed by atoms with van der Waals surface area (Å²) in [4.78, 5) is 24.3. The summed E-state index contributed by atoms with van der Waals surface area (Å²) in [5, 5.41) is 11.0. The molecule has 0 aliphatic carbocycles. The highest BCUT2D eigenvalue weighted by atomic mass is 16.6. The lowest BCUT2D eigenvalue weighted by molar-refractivity contribution is -0.385. The van der Waals surface area contributed by atoms with E-state index in [1.54, 1.807) is 17.0 Å². The van der Waals surface area contributed by atoms with Crippen molar-refractivity contribution in [2.45, 2.75) is 45.1 Å². The van der Waals surface area contributed by atoms with Crippen LogP contribution in [0.1, 0.15) is 45.1 Å². The van der Waals surface area contributed by atoms with Gasteiger partial charge in [-0.3, -0.25) is 10.1 Å². The standard InChI is InChI=1S/C17H24N2O5/c1-17(2,3)24-16(20)18-9-7-12(8-10-18)13-5-6-14(19(21)22)15(11-13)23-4/h5-6,11-12H,7-10H2,1-4H3. The molecule has 0 spiro atoms. The first-order chi connectivity index (χ1) is 11.2. The number of nitro groups is 1. The van der Waals surface area contributed by atoms with Gasteiger partial charge in [0.2, 0.25) is 0 Å². The maximum absolute atomic E-state index is 12.1. The molecular formula is C17H24N2O5. The van der Waals surface area contributed by atoms with Crippen molar-refractivity contribution >= 4 is 11.8 Å². The second kappa shape index (κ2) is 7.07. The van der Waals surface area contributed by atoms with Gasteiger partial charge in [0, 0.05) is 19.2 Å². The molecule has 0 radical (unpaired) electrons. The van der Waals surface area contributed by atoms with Crippen molar-refractivity contribution in [2.24, 2.45) is 0 Å². The summed E-state index contributed by atoms with van der Waals surface area (Å²) in [5.74, 6) is 0.519. The van der Waals surface area contributed by atoms with E-state index in [1.807, 2.05) is 20.8 Å². The Kier molecular flexibility index (Phi) is 5.31. The van der Waals surface area contributed by atoms with Crippen molar-refractivity contribution in [1.29, 1.82) is 0 Å². The van der Waals surface area contributed by atoms with Gasteiger partial charge in [-0.15, -0.1) is 0 Å². The number of amides is 1. The summed E-state index contributed by atoms with van der Waals surface area (Å²) in [6.07, 6.45) is 1.29. The van der Waals surface area contributed by atoms with Gasteiger partial charge in [0.05, 0.1) is 12.0 Å². The monoisotopic (exact) mass is 336 g/mol. The minimum absolute atomic E-state index is 0.0348. The molecule has 24 heavy (non-hydrogen) atoms. The van der Waals surface area contributed by atoms with Gasteiger partial charge in [0.25, 0.3) is 0 Å². The Morgan fingerprint density at radius 3 is 2.42 bits per heavy atom. The summed E-state index contributed by atoms with van der Waals surface area (Å²) in [7, 11) is 1.43. The molecule has 0 saturated carbocycles. The van der Waals surface area contributed by atoms with Crippen LogP contribution < -0.4 is 4.74 Å². The molecule has 0 atom stereocenters. The van der Waals surface area contributed by atoms with E-state index in [9.17, 15) is 14.9 Å². The molecule has 1 aromatic rings. The third-order valence-electron chi connectivity index (χ3n) is 4.02. The van der Waals surface area contributed by atoms with Crippen LogP contribution in [0.15, 0.2) is 18.2 Å². The molecule has 1 amide bonds. The molecule has 0 aromatic heterocycles. The maximum atomic E-state index is 12.1. The van der Waals surface area contributed by atoms with Crippen molar-refractivity contribution in [1.82, 2.24) is 4.90 Å². The zero-order valence-corrected chi connectivity index (χ0v) is 14.6. The molecule has 1 saturated heterocycles. The van der Waals surface area contributed by atoms with Crippen molar-refractivity contribution in [3.63, 3.8) is 0 Å². The van der Waals surface area contributed by atoms with Gasteiger partial charge in [-0.2, -0.15) is 0 Å². The highest BCUT2D eigenvalue weighted by Crippen LogP contribution is 2.34. The fraction of sp³-hybridized carbons (Fsp3) is 0.588. The van der Waals surface area contributed by atoms with Gasteiger partial charge < -0.3 is 14.4 Å². The molecule has 0 bridgehead atoms. The molecule has 1 aliphatic heterocycles. The lowest BCUT2D eigenvalue weighted by atomic mass is 9.89. The SMILES string of the molecule is COc1cc(C2CCN(C(=O)OC(C)(C)C)CC2)ccc1[N+](=O)[O-]. The van der Waals surface area contributed by atoms with E-state index >= 15 is 0 Å². The highest BCUT2D eigenvalue weighted by molar-refractivity contribution is 5.68. The van der Waals surface area contributed by atoms with Crippen LogP contribution in [-0.4, -0.2) is 41.7 Å². The molecule has 7 nitrogen and oxygen atoms in total. The molecule has 1 aromatic carbocycles. The molecule has 1 fully saturated rings. The number of nitrogens with zero attached hydrogens (tertiary/aromatic N) is 2. The predicted molar refractivity (Wildman–Crippen MR) is 89.4 cm³/mol. The minimum Gasteiger partial charge on any atom is -0.490 e. The van der Waals surface area contributed by atoms with Gasteiger partial charge in [0.1, 0.15) is 5.60 Å². The van der Waals surface area contributed by atoms with Crippen LogP contribution in [0.25, 0.3) is 0 Å². The normalized spacial score (nSPS) is 15.9. The molecule has 0 unspecified atom stereocenters. The number of carbonyl (C=O) groups excluding carboxylic acids is 1. The zero-order chi connectivity index (χ0) is 17.9. The maximum Gasteiger partial charge on any atom is 0.410 e. The Morgan fingerprint density at radius 1 is 1.29 bits per heavy atom. The Hall–Kier alpha value is -2.31. The van der Waals surface area contributed by atoms with Crippen LogP contribution in [0.5, 0.6) is 5.75 Å². The number of carbonyl (C=O) groups is 1. The van der Waals surface area contributed by atoms with Crippen LogP contribution in [-0.2, 0) is 4.74 Å². The second-order valence-electron chi connectivity index (χ2n) is 6.93. The van der Waals surface area contributed by atoms with Gasteiger partial charge in [-0.25, -0.2) is 4.79 Å². The molecule has 132 valence electrons. The average molecular weight is 336 g/mol. The molecule has 1 aliphatic rings. The van der Waals surface area contributed by atoms with Crippen LogP contribution >= 0.6 is 0 Å². The number of nitro benzene ring substituents is 1. The molecule has 1 heterocycles. The van der Waals surface area contributed by atoms with E-state index < -0.39 is 10.5 Å². The predicted octanol–water partition coefficient (Wildman–Crippen LogP) is 3.72. The van der Waals surface area contributed by atoms with Crippen molar-refractivity contribution in [3.05, 3.63) is 33.9 Å². The third kappa shape index (κ3) is 4.37. The number of rotatable bonds is 3. The number of piperidine rings is 1.